The van der Waals surface area contributed by atoms with Crippen LogP contribution in [0.5, 0.6) is 5.75 Å². The van der Waals surface area contributed by atoms with Crippen molar-refractivity contribution in [2.75, 3.05) is 23.4 Å². The number of carbonyl (C=O) groups excluding carboxylic acids is 2. The molecule has 3 rings (SSSR count). The fourth-order valence-corrected chi connectivity index (χ4v) is 2.81. The molecule has 0 spiro atoms. The standard InChI is InChI=1S/C18H17BrN2O3/c19-13-6-8-14(9-7-13)20-17(22)12-24-16-4-1-3-15(11-16)21-10-2-5-18(21)23/h1,3-4,6-9,11H,2,5,10,12H2,(H,20,22). The van der Waals surface area contributed by atoms with Crippen molar-refractivity contribution in [2.45, 2.75) is 12.8 Å². The molecule has 1 aliphatic rings. The molecule has 1 N–H and O–H groups in total. The Morgan fingerprint density at radius 1 is 1.21 bits per heavy atom. The number of amides is 2. The van der Waals surface area contributed by atoms with Gasteiger partial charge in [-0.05, 0) is 42.8 Å². The van der Waals surface area contributed by atoms with Gasteiger partial charge in [-0.3, -0.25) is 9.59 Å². The van der Waals surface area contributed by atoms with Crippen LogP contribution in [0, 0.1) is 0 Å². The quantitative estimate of drug-likeness (QED) is 0.850. The Kier molecular flexibility index (Phi) is 5.15. The number of rotatable bonds is 5. The summed E-state index contributed by atoms with van der Waals surface area (Å²) in [5.41, 5.74) is 1.52. The largest absolute Gasteiger partial charge is 0.484 e. The Labute approximate surface area is 148 Å². The van der Waals surface area contributed by atoms with Crippen LogP contribution in [0.2, 0.25) is 0 Å². The molecule has 0 saturated carbocycles. The van der Waals surface area contributed by atoms with E-state index in [2.05, 4.69) is 21.2 Å². The van der Waals surface area contributed by atoms with Gasteiger partial charge in [0.2, 0.25) is 5.91 Å². The third-order valence-electron chi connectivity index (χ3n) is 3.70. The van der Waals surface area contributed by atoms with E-state index >= 15 is 0 Å². The Hall–Kier alpha value is -2.34. The van der Waals surface area contributed by atoms with Crippen molar-refractivity contribution in [1.29, 1.82) is 0 Å². The highest BCUT2D eigenvalue weighted by Crippen LogP contribution is 2.25. The van der Waals surface area contributed by atoms with E-state index in [0.29, 0.717) is 17.9 Å². The van der Waals surface area contributed by atoms with Crippen LogP contribution in [0.25, 0.3) is 0 Å². The predicted molar refractivity (Wildman–Crippen MR) is 96.3 cm³/mol. The minimum Gasteiger partial charge on any atom is -0.484 e. The van der Waals surface area contributed by atoms with Crippen LogP contribution in [0.3, 0.4) is 0 Å². The maximum absolute atomic E-state index is 12.0. The number of benzene rings is 2. The van der Waals surface area contributed by atoms with Crippen LogP contribution < -0.4 is 15.0 Å². The van der Waals surface area contributed by atoms with E-state index in [0.717, 1.165) is 23.1 Å². The summed E-state index contributed by atoms with van der Waals surface area (Å²) in [7, 11) is 0. The predicted octanol–water partition coefficient (Wildman–Crippen LogP) is 3.59. The molecule has 2 amide bonds. The SMILES string of the molecule is O=C(COc1cccc(N2CCCC2=O)c1)Nc1ccc(Br)cc1. The fourth-order valence-electron chi connectivity index (χ4n) is 2.54. The van der Waals surface area contributed by atoms with Gasteiger partial charge in [0.15, 0.2) is 6.61 Å². The molecule has 1 fully saturated rings. The van der Waals surface area contributed by atoms with Gasteiger partial charge in [0, 0.05) is 34.9 Å². The average molecular weight is 389 g/mol. The van der Waals surface area contributed by atoms with Crippen LogP contribution in [-0.4, -0.2) is 25.0 Å². The number of hydrogen-bond donors (Lipinski definition) is 1. The van der Waals surface area contributed by atoms with Gasteiger partial charge in [0.1, 0.15) is 5.75 Å². The second-order valence-electron chi connectivity index (χ2n) is 5.49. The second-order valence-corrected chi connectivity index (χ2v) is 6.41. The molecular formula is C18H17BrN2O3. The molecule has 5 nitrogen and oxygen atoms in total. The van der Waals surface area contributed by atoms with E-state index in [9.17, 15) is 9.59 Å². The summed E-state index contributed by atoms with van der Waals surface area (Å²) in [5.74, 6) is 0.457. The molecule has 0 bridgehead atoms. The molecule has 2 aromatic carbocycles. The first-order chi connectivity index (χ1) is 11.6. The van der Waals surface area contributed by atoms with Gasteiger partial charge in [-0.25, -0.2) is 0 Å². The zero-order valence-corrected chi connectivity index (χ0v) is 14.6. The molecule has 1 aliphatic heterocycles. The number of carbonyl (C=O) groups is 2. The Morgan fingerprint density at radius 2 is 2.00 bits per heavy atom. The van der Waals surface area contributed by atoms with Gasteiger partial charge >= 0.3 is 0 Å². The summed E-state index contributed by atoms with van der Waals surface area (Å²) < 4.78 is 6.49. The number of anilines is 2. The van der Waals surface area contributed by atoms with Gasteiger partial charge in [-0.1, -0.05) is 22.0 Å². The highest BCUT2D eigenvalue weighted by molar-refractivity contribution is 9.10. The maximum atomic E-state index is 12.0. The van der Waals surface area contributed by atoms with Gasteiger partial charge < -0.3 is 15.0 Å². The lowest BCUT2D eigenvalue weighted by Gasteiger charge is -2.16. The molecule has 0 aliphatic carbocycles. The topological polar surface area (TPSA) is 58.6 Å². The number of halogens is 1. The van der Waals surface area contributed by atoms with Crippen molar-refractivity contribution in [3.05, 3.63) is 53.0 Å². The molecule has 0 atom stereocenters. The molecule has 0 unspecified atom stereocenters. The smallest absolute Gasteiger partial charge is 0.262 e. The first-order valence-corrected chi connectivity index (χ1v) is 8.50. The minimum atomic E-state index is -0.236. The van der Waals surface area contributed by atoms with Crippen molar-refractivity contribution in [3.63, 3.8) is 0 Å². The summed E-state index contributed by atoms with van der Waals surface area (Å²) in [6, 6.07) is 14.6. The van der Waals surface area contributed by atoms with Gasteiger partial charge in [0.25, 0.3) is 5.91 Å². The Bertz CT molecular complexity index is 746. The Morgan fingerprint density at radius 3 is 2.71 bits per heavy atom. The van der Waals surface area contributed by atoms with E-state index < -0.39 is 0 Å². The van der Waals surface area contributed by atoms with E-state index in [1.54, 1.807) is 17.0 Å². The van der Waals surface area contributed by atoms with Gasteiger partial charge in [-0.15, -0.1) is 0 Å². The average Bonchev–Trinajstić information content (AvgIpc) is 3.01. The fraction of sp³-hybridized carbons (Fsp3) is 0.222. The lowest BCUT2D eigenvalue weighted by atomic mass is 10.3. The third-order valence-corrected chi connectivity index (χ3v) is 4.23. The molecule has 0 radical (unpaired) electrons. The zero-order valence-electron chi connectivity index (χ0n) is 13.0. The summed E-state index contributed by atoms with van der Waals surface area (Å²) in [6.07, 6.45) is 1.46. The summed E-state index contributed by atoms with van der Waals surface area (Å²) in [6.45, 7) is 0.639. The molecule has 24 heavy (non-hydrogen) atoms. The first kappa shape index (κ1) is 16.5. The third kappa shape index (κ3) is 4.14. The number of nitrogens with zero attached hydrogens (tertiary/aromatic N) is 1. The summed E-state index contributed by atoms with van der Waals surface area (Å²) in [5, 5.41) is 2.77. The van der Waals surface area contributed by atoms with Crippen LogP contribution in [-0.2, 0) is 9.59 Å². The molecule has 1 saturated heterocycles. The highest BCUT2D eigenvalue weighted by atomic mass is 79.9. The van der Waals surface area contributed by atoms with E-state index in [4.69, 9.17) is 4.74 Å². The summed E-state index contributed by atoms with van der Waals surface area (Å²) in [4.78, 5) is 25.5. The molecule has 1 heterocycles. The highest BCUT2D eigenvalue weighted by Gasteiger charge is 2.21. The molecule has 124 valence electrons. The van der Waals surface area contributed by atoms with E-state index in [-0.39, 0.29) is 18.4 Å². The van der Waals surface area contributed by atoms with Crippen molar-refractivity contribution < 1.29 is 14.3 Å². The van der Waals surface area contributed by atoms with Crippen LogP contribution in [0.15, 0.2) is 53.0 Å². The van der Waals surface area contributed by atoms with Crippen molar-refractivity contribution >= 4 is 39.1 Å². The van der Waals surface area contributed by atoms with Crippen molar-refractivity contribution in [3.8, 4) is 5.75 Å². The minimum absolute atomic E-state index is 0.0898. The normalized spacial score (nSPS) is 13.9. The van der Waals surface area contributed by atoms with Crippen molar-refractivity contribution in [1.82, 2.24) is 0 Å². The van der Waals surface area contributed by atoms with Crippen LogP contribution >= 0.6 is 15.9 Å². The summed E-state index contributed by atoms with van der Waals surface area (Å²) >= 11 is 3.35. The van der Waals surface area contributed by atoms with E-state index in [1.165, 1.54) is 0 Å². The lowest BCUT2D eigenvalue weighted by molar-refractivity contribution is -0.118. The number of hydrogen-bond acceptors (Lipinski definition) is 3. The van der Waals surface area contributed by atoms with Crippen LogP contribution in [0.4, 0.5) is 11.4 Å². The molecular weight excluding hydrogens is 372 g/mol. The molecule has 6 heteroatoms. The lowest BCUT2D eigenvalue weighted by Crippen LogP contribution is -2.24. The maximum Gasteiger partial charge on any atom is 0.262 e. The number of ether oxygens (including phenoxy) is 1. The van der Waals surface area contributed by atoms with Gasteiger partial charge in [0.05, 0.1) is 0 Å². The van der Waals surface area contributed by atoms with Crippen LogP contribution in [0.1, 0.15) is 12.8 Å². The Balaban J connectivity index is 1.57. The van der Waals surface area contributed by atoms with Crippen molar-refractivity contribution in [2.24, 2.45) is 0 Å². The molecule has 2 aromatic rings. The molecule has 0 aromatic heterocycles. The number of nitrogens with one attached hydrogen (secondary N) is 1. The zero-order chi connectivity index (χ0) is 16.9. The first-order valence-electron chi connectivity index (χ1n) is 7.70. The second kappa shape index (κ2) is 7.49. The van der Waals surface area contributed by atoms with E-state index in [1.807, 2.05) is 36.4 Å². The monoisotopic (exact) mass is 388 g/mol. The van der Waals surface area contributed by atoms with Gasteiger partial charge in [-0.2, -0.15) is 0 Å².